The number of imidazole rings is 1. The number of benzene rings is 1. The van der Waals surface area contributed by atoms with Crippen LogP contribution in [0.25, 0.3) is 16.9 Å². The third kappa shape index (κ3) is 4.24. The number of sulfonamides is 1. The van der Waals surface area contributed by atoms with Crippen LogP contribution in [-0.2, 0) is 14.8 Å². The standard InChI is InChI=1S/C22H26N4O3S/c1-15-6-9-25-14-20(23-21(25)12-15)18-5-4-16(2)19(13-18)24-22(27)17-7-10-26(11-8-17)30(3,28)29/h4-6,9,12-14,17H,7-8,10-11H2,1-3H3,(H,24,27). The number of fused-ring (bicyclic) bond motifs is 1. The van der Waals surface area contributed by atoms with Crippen molar-refractivity contribution in [3.8, 4) is 11.3 Å². The van der Waals surface area contributed by atoms with Crippen molar-refractivity contribution < 1.29 is 13.2 Å². The SMILES string of the molecule is Cc1ccn2cc(-c3ccc(C)c(NC(=O)C4CCN(S(C)(=O)=O)CC4)c3)nc2c1. The lowest BCUT2D eigenvalue weighted by atomic mass is 9.97. The number of aromatic nitrogens is 2. The first-order chi connectivity index (χ1) is 14.2. The van der Waals surface area contributed by atoms with E-state index in [1.165, 1.54) is 10.6 Å². The zero-order valence-electron chi connectivity index (χ0n) is 17.4. The molecule has 1 aliphatic heterocycles. The molecule has 30 heavy (non-hydrogen) atoms. The van der Waals surface area contributed by atoms with E-state index in [9.17, 15) is 13.2 Å². The van der Waals surface area contributed by atoms with Crippen LogP contribution < -0.4 is 5.32 Å². The lowest BCUT2D eigenvalue weighted by Gasteiger charge is -2.29. The molecule has 3 heterocycles. The summed E-state index contributed by atoms with van der Waals surface area (Å²) in [7, 11) is -3.20. The van der Waals surface area contributed by atoms with Crippen molar-refractivity contribution in [2.24, 2.45) is 5.92 Å². The molecule has 0 spiro atoms. The number of nitrogens with one attached hydrogen (secondary N) is 1. The topological polar surface area (TPSA) is 83.8 Å². The van der Waals surface area contributed by atoms with Crippen molar-refractivity contribution in [3.05, 3.63) is 53.9 Å². The van der Waals surface area contributed by atoms with Crippen molar-refractivity contribution in [3.63, 3.8) is 0 Å². The Morgan fingerprint density at radius 1 is 1.13 bits per heavy atom. The van der Waals surface area contributed by atoms with Crippen LogP contribution in [0.4, 0.5) is 5.69 Å². The van der Waals surface area contributed by atoms with Gasteiger partial charge in [0.15, 0.2) is 0 Å². The van der Waals surface area contributed by atoms with E-state index in [0.717, 1.165) is 33.7 Å². The molecule has 1 amide bonds. The second-order valence-electron chi connectivity index (χ2n) is 8.05. The molecule has 7 nitrogen and oxygen atoms in total. The number of pyridine rings is 1. The van der Waals surface area contributed by atoms with E-state index in [2.05, 4.69) is 5.32 Å². The predicted molar refractivity (Wildman–Crippen MR) is 118 cm³/mol. The molecule has 1 aliphatic rings. The van der Waals surface area contributed by atoms with E-state index in [1.807, 2.05) is 61.0 Å². The number of amides is 1. The number of rotatable bonds is 4. The van der Waals surface area contributed by atoms with Crippen LogP contribution in [-0.4, -0.2) is 47.4 Å². The molecule has 0 radical (unpaired) electrons. The van der Waals surface area contributed by atoms with Gasteiger partial charge in [0, 0.05) is 42.7 Å². The highest BCUT2D eigenvalue weighted by Gasteiger charge is 2.29. The molecule has 1 N–H and O–H groups in total. The number of nitrogens with zero attached hydrogens (tertiary/aromatic N) is 3. The third-order valence-electron chi connectivity index (χ3n) is 5.70. The molecule has 1 saturated heterocycles. The van der Waals surface area contributed by atoms with E-state index < -0.39 is 10.0 Å². The molecule has 4 rings (SSSR count). The molecule has 3 aromatic rings. The first kappa shape index (κ1) is 20.6. The molecule has 8 heteroatoms. The summed E-state index contributed by atoms with van der Waals surface area (Å²) in [6.07, 6.45) is 6.24. The zero-order chi connectivity index (χ0) is 21.5. The van der Waals surface area contributed by atoms with Crippen molar-refractivity contribution in [2.45, 2.75) is 26.7 Å². The van der Waals surface area contributed by atoms with Crippen molar-refractivity contribution in [1.29, 1.82) is 0 Å². The van der Waals surface area contributed by atoms with Gasteiger partial charge in [-0.1, -0.05) is 12.1 Å². The lowest BCUT2D eigenvalue weighted by Crippen LogP contribution is -2.40. The van der Waals surface area contributed by atoms with Crippen LogP contribution in [0.3, 0.4) is 0 Å². The summed E-state index contributed by atoms with van der Waals surface area (Å²) >= 11 is 0. The quantitative estimate of drug-likeness (QED) is 0.694. The van der Waals surface area contributed by atoms with Gasteiger partial charge in [0.25, 0.3) is 0 Å². The smallest absolute Gasteiger partial charge is 0.227 e. The first-order valence-electron chi connectivity index (χ1n) is 10.0. The van der Waals surface area contributed by atoms with Crippen LogP contribution >= 0.6 is 0 Å². The molecule has 0 unspecified atom stereocenters. The van der Waals surface area contributed by atoms with Gasteiger partial charge in [-0.2, -0.15) is 0 Å². The Balaban J connectivity index is 1.51. The second kappa shape index (κ2) is 7.85. The number of carbonyl (C=O) groups is 1. The van der Waals surface area contributed by atoms with E-state index in [0.29, 0.717) is 25.9 Å². The van der Waals surface area contributed by atoms with Crippen molar-refractivity contribution in [1.82, 2.24) is 13.7 Å². The van der Waals surface area contributed by atoms with Gasteiger partial charge >= 0.3 is 0 Å². The molecule has 1 fully saturated rings. The average Bonchev–Trinajstić information content (AvgIpc) is 3.12. The van der Waals surface area contributed by atoms with Crippen LogP contribution in [0.15, 0.2) is 42.7 Å². The highest BCUT2D eigenvalue weighted by molar-refractivity contribution is 7.88. The van der Waals surface area contributed by atoms with E-state index in [1.54, 1.807) is 0 Å². The van der Waals surface area contributed by atoms with Crippen LogP contribution in [0.1, 0.15) is 24.0 Å². The maximum absolute atomic E-state index is 12.8. The molecule has 0 bridgehead atoms. The number of anilines is 1. The summed E-state index contributed by atoms with van der Waals surface area (Å²) in [5, 5.41) is 3.05. The van der Waals surface area contributed by atoms with Gasteiger partial charge in [-0.05, 0) is 56.0 Å². The van der Waals surface area contributed by atoms with E-state index >= 15 is 0 Å². The van der Waals surface area contributed by atoms with Gasteiger partial charge in [0.05, 0.1) is 11.9 Å². The molecule has 2 aromatic heterocycles. The zero-order valence-corrected chi connectivity index (χ0v) is 18.2. The second-order valence-corrected chi connectivity index (χ2v) is 10.0. The highest BCUT2D eigenvalue weighted by Crippen LogP contribution is 2.27. The van der Waals surface area contributed by atoms with Crippen LogP contribution in [0.2, 0.25) is 0 Å². The molecule has 1 aromatic carbocycles. The van der Waals surface area contributed by atoms with E-state index in [4.69, 9.17) is 4.98 Å². The number of aryl methyl sites for hydroxylation is 2. The maximum atomic E-state index is 12.8. The van der Waals surface area contributed by atoms with Gasteiger partial charge in [-0.3, -0.25) is 4.79 Å². The van der Waals surface area contributed by atoms with Gasteiger partial charge in [-0.25, -0.2) is 17.7 Å². The normalized spacial score (nSPS) is 16.1. The number of hydrogen-bond donors (Lipinski definition) is 1. The van der Waals surface area contributed by atoms with Crippen molar-refractivity contribution in [2.75, 3.05) is 24.7 Å². The summed E-state index contributed by atoms with van der Waals surface area (Å²) in [4.78, 5) is 17.5. The Morgan fingerprint density at radius 3 is 2.57 bits per heavy atom. The summed E-state index contributed by atoms with van der Waals surface area (Å²) < 4.78 is 26.8. The minimum atomic E-state index is -3.20. The monoisotopic (exact) mass is 426 g/mol. The molecule has 158 valence electrons. The Kier molecular flexibility index (Phi) is 5.38. The number of piperidine rings is 1. The van der Waals surface area contributed by atoms with Gasteiger partial charge in [0.2, 0.25) is 15.9 Å². The Hall–Kier alpha value is -2.71. The Labute approximate surface area is 176 Å². The van der Waals surface area contributed by atoms with Gasteiger partial charge < -0.3 is 9.72 Å². The third-order valence-corrected chi connectivity index (χ3v) is 7.00. The maximum Gasteiger partial charge on any atom is 0.227 e. The Morgan fingerprint density at radius 2 is 1.87 bits per heavy atom. The van der Waals surface area contributed by atoms with Crippen molar-refractivity contribution >= 4 is 27.3 Å². The minimum absolute atomic E-state index is 0.0611. The fourth-order valence-corrected chi connectivity index (χ4v) is 4.70. The lowest BCUT2D eigenvalue weighted by molar-refractivity contribution is -0.120. The summed E-state index contributed by atoms with van der Waals surface area (Å²) in [6.45, 7) is 4.76. The predicted octanol–water partition coefficient (Wildman–Crippen LogP) is 3.23. The Bertz CT molecular complexity index is 1210. The largest absolute Gasteiger partial charge is 0.326 e. The summed E-state index contributed by atoms with van der Waals surface area (Å²) in [5.74, 6) is -0.252. The molecule has 0 saturated carbocycles. The van der Waals surface area contributed by atoms with Gasteiger partial charge in [0.1, 0.15) is 5.65 Å². The van der Waals surface area contributed by atoms with Crippen LogP contribution in [0, 0.1) is 19.8 Å². The molecule has 0 atom stereocenters. The minimum Gasteiger partial charge on any atom is -0.326 e. The molecular weight excluding hydrogens is 400 g/mol. The first-order valence-corrected chi connectivity index (χ1v) is 11.9. The fraction of sp³-hybridized carbons (Fsp3) is 0.364. The molecule has 0 aliphatic carbocycles. The van der Waals surface area contributed by atoms with Gasteiger partial charge in [-0.15, -0.1) is 0 Å². The highest BCUT2D eigenvalue weighted by atomic mass is 32.2. The number of carbonyl (C=O) groups excluding carboxylic acids is 1. The summed E-state index contributed by atoms with van der Waals surface area (Å²) in [5.41, 5.74) is 5.55. The summed E-state index contributed by atoms with van der Waals surface area (Å²) in [6, 6.07) is 10.0. The van der Waals surface area contributed by atoms with E-state index in [-0.39, 0.29) is 11.8 Å². The van der Waals surface area contributed by atoms with Crippen LogP contribution in [0.5, 0.6) is 0 Å². The molecular formula is C22H26N4O3S. The average molecular weight is 427 g/mol. The number of hydrogen-bond acceptors (Lipinski definition) is 4. The fourth-order valence-electron chi connectivity index (χ4n) is 3.82.